The van der Waals surface area contributed by atoms with Crippen molar-refractivity contribution in [2.75, 3.05) is 19.6 Å². The Morgan fingerprint density at radius 3 is 2.55 bits per heavy atom. The van der Waals surface area contributed by atoms with Gasteiger partial charge < -0.3 is 10.0 Å². The molecule has 1 N–H and O–H groups in total. The fraction of sp³-hybridized carbons (Fsp3) is 0.941. The molecule has 118 valence electrons. The van der Waals surface area contributed by atoms with Crippen LogP contribution in [0.2, 0.25) is 0 Å². The molecule has 1 aliphatic heterocycles. The Bertz CT molecular complexity index is 255. The van der Waals surface area contributed by atoms with E-state index in [1.165, 1.54) is 70.9 Å². The van der Waals surface area contributed by atoms with E-state index in [1.807, 2.05) is 0 Å². The molecule has 20 heavy (non-hydrogen) atoms. The number of hydrogen-bond acceptors (Lipinski definition) is 2. The van der Waals surface area contributed by atoms with Gasteiger partial charge in [0.05, 0.1) is 0 Å². The minimum atomic E-state index is -0.644. The van der Waals surface area contributed by atoms with Crippen molar-refractivity contribution in [1.82, 2.24) is 4.90 Å². The SMILES string of the molecule is CCCCCCCCCN1CCCC(CCC(=O)O)C1. The van der Waals surface area contributed by atoms with Crippen molar-refractivity contribution in [2.24, 2.45) is 5.92 Å². The third-order valence-corrected chi connectivity index (χ3v) is 4.45. The van der Waals surface area contributed by atoms with E-state index in [4.69, 9.17) is 5.11 Å². The molecule has 1 fully saturated rings. The number of carboxylic acid groups (broad SMARTS) is 1. The largest absolute Gasteiger partial charge is 0.481 e. The molecule has 3 nitrogen and oxygen atoms in total. The first-order valence-corrected chi connectivity index (χ1v) is 8.66. The first-order valence-electron chi connectivity index (χ1n) is 8.66. The fourth-order valence-corrected chi connectivity index (χ4v) is 3.21. The second-order valence-electron chi connectivity index (χ2n) is 6.36. The Labute approximate surface area is 124 Å². The van der Waals surface area contributed by atoms with Crippen LogP contribution in [-0.2, 0) is 4.79 Å². The van der Waals surface area contributed by atoms with Crippen molar-refractivity contribution >= 4 is 5.97 Å². The maximum atomic E-state index is 10.6. The summed E-state index contributed by atoms with van der Waals surface area (Å²) < 4.78 is 0. The number of carbonyl (C=O) groups is 1. The average molecular weight is 283 g/mol. The summed E-state index contributed by atoms with van der Waals surface area (Å²) >= 11 is 0. The Morgan fingerprint density at radius 2 is 1.85 bits per heavy atom. The summed E-state index contributed by atoms with van der Waals surface area (Å²) in [7, 11) is 0. The Morgan fingerprint density at radius 1 is 1.15 bits per heavy atom. The zero-order valence-corrected chi connectivity index (χ0v) is 13.3. The second-order valence-corrected chi connectivity index (χ2v) is 6.36. The Hall–Kier alpha value is -0.570. The number of unbranched alkanes of at least 4 members (excludes halogenated alkanes) is 6. The molecule has 0 spiro atoms. The van der Waals surface area contributed by atoms with Gasteiger partial charge in [-0.3, -0.25) is 4.79 Å². The van der Waals surface area contributed by atoms with Crippen LogP contribution >= 0.6 is 0 Å². The van der Waals surface area contributed by atoms with Crippen LogP contribution in [0.5, 0.6) is 0 Å². The zero-order valence-electron chi connectivity index (χ0n) is 13.3. The fourth-order valence-electron chi connectivity index (χ4n) is 3.21. The lowest BCUT2D eigenvalue weighted by Crippen LogP contribution is -2.36. The Balaban J connectivity index is 2.01. The topological polar surface area (TPSA) is 40.5 Å². The normalized spacial score (nSPS) is 20.1. The smallest absolute Gasteiger partial charge is 0.303 e. The molecule has 1 rings (SSSR count). The minimum absolute atomic E-state index is 0.343. The maximum Gasteiger partial charge on any atom is 0.303 e. The molecule has 0 aromatic carbocycles. The van der Waals surface area contributed by atoms with Crippen LogP contribution in [0.4, 0.5) is 0 Å². The average Bonchev–Trinajstić information content (AvgIpc) is 2.45. The van der Waals surface area contributed by atoms with E-state index in [2.05, 4.69) is 11.8 Å². The van der Waals surface area contributed by atoms with Crippen LogP contribution in [0.3, 0.4) is 0 Å². The monoisotopic (exact) mass is 283 g/mol. The van der Waals surface area contributed by atoms with Gasteiger partial charge in [-0.2, -0.15) is 0 Å². The third-order valence-electron chi connectivity index (χ3n) is 4.45. The summed E-state index contributed by atoms with van der Waals surface area (Å²) in [6, 6.07) is 0. The quantitative estimate of drug-likeness (QED) is 0.574. The molecule has 0 aliphatic carbocycles. The van der Waals surface area contributed by atoms with Gasteiger partial charge in [0.15, 0.2) is 0 Å². The van der Waals surface area contributed by atoms with Crippen LogP contribution in [0.25, 0.3) is 0 Å². The molecular weight excluding hydrogens is 250 g/mol. The van der Waals surface area contributed by atoms with Gasteiger partial charge in [-0.1, -0.05) is 45.4 Å². The van der Waals surface area contributed by atoms with Crippen LogP contribution in [-0.4, -0.2) is 35.6 Å². The van der Waals surface area contributed by atoms with E-state index in [0.29, 0.717) is 12.3 Å². The van der Waals surface area contributed by atoms with Gasteiger partial charge >= 0.3 is 5.97 Å². The summed E-state index contributed by atoms with van der Waals surface area (Å²) in [5.41, 5.74) is 0. The van der Waals surface area contributed by atoms with Crippen molar-refractivity contribution in [3.63, 3.8) is 0 Å². The van der Waals surface area contributed by atoms with Crippen LogP contribution in [0, 0.1) is 5.92 Å². The van der Waals surface area contributed by atoms with Gasteiger partial charge in [0, 0.05) is 13.0 Å². The lowest BCUT2D eigenvalue weighted by Gasteiger charge is -2.32. The summed E-state index contributed by atoms with van der Waals surface area (Å²) in [6.45, 7) is 5.83. The Kier molecular flexibility index (Phi) is 9.73. The first-order chi connectivity index (χ1) is 9.72. The predicted octanol–water partition coefficient (Wildman–Crippen LogP) is 4.31. The van der Waals surface area contributed by atoms with Gasteiger partial charge in [0.1, 0.15) is 0 Å². The van der Waals surface area contributed by atoms with Gasteiger partial charge in [-0.25, -0.2) is 0 Å². The standard InChI is InChI=1S/C17H33NO2/c1-2-3-4-5-6-7-8-13-18-14-9-10-16(15-18)11-12-17(19)20/h16H,2-15H2,1H3,(H,19,20). The van der Waals surface area contributed by atoms with Crippen LogP contribution < -0.4 is 0 Å². The molecule has 1 atom stereocenters. The van der Waals surface area contributed by atoms with E-state index in [1.54, 1.807) is 0 Å². The number of nitrogens with zero attached hydrogens (tertiary/aromatic N) is 1. The van der Waals surface area contributed by atoms with E-state index in [-0.39, 0.29) is 0 Å². The number of aliphatic carboxylic acids is 1. The highest BCUT2D eigenvalue weighted by Gasteiger charge is 2.19. The van der Waals surface area contributed by atoms with Gasteiger partial charge in [-0.15, -0.1) is 0 Å². The predicted molar refractivity (Wildman–Crippen MR) is 84.0 cm³/mol. The number of carboxylic acids is 1. The summed E-state index contributed by atoms with van der Waals surface area (Å²) in [6.07, 6.45) is 13.3. The van der Waals surface area contributed by atoms with Crippen molar-refractivity contribution in [3.8, 4) is 0 Å². The van der Waals surface area contributed by atoms with Gasteiger partial charge in [0.25, 0.3) is 0 Å². The van der Waals surface area contributed by atoms with Crippen molar-refractivity contribution in [3.05, 3.63) is 0 Å². The number of rotatable bonds is 11. The van der Waals surface area contributed by atoms with Gasteiger partial charge in [0.2, 0.25) is 0 Å². The van der Waals surface area contributed by atoms with Crippen molar-refractivity contribution in [1.29, 1.82) is 0 Å². The number of likely N-dealkylation sites (tertiary alicyclic amines) is 1. The maximum absolute atomic E-state index is 10.6. The van der Waals surface area contributed by atoms with E-state index >= 15 is 0 Å². The molecule has 1 saturated heterocycles. The lowest BCUT2D eigenvalue weighted by atomic mass is 9.93. The lowest BCUT2D eigenvalue weighted by molar-refractivity contribution is -0.137. The summed E-state index contributed by atoms with van der Waals surface area (Å²) in [5.74, 6) is -0.0291. The van der Waals surface area contributed by atoms with E-state index in [9.17, 15) is 4.79 Å². The molecule has 1 unspecified atom stereocenters. The third kappa shape index (κ3) is 8.57. The molecule has 0 aromatic heterocycles. The molecule has 0 amide bonds. The van der Waals surface area contributed by atoms with Crippen molar-refractivity contribution in [2.45, 2.75) is 77.6 Å². The van der Waals surface area contributed by atoms with Crippen LogP contribution in [0.1, 0.15) is 77.6 Å². The molecule has 1 heterocycles. The summed E-state index contributed by atoms with van der Waals surface area (Å²) in [5, 5.41) is 8.76. The van der Waals surface area contributed by atoms with E-state index in [0.717, 1.165) is 13.0 Å². The molecule has 0 bridgehead atoms. The van der Waals surface area contributed by atoms with Crippen molar-refractivity contribution < 1.29 is 9.90 Å². The summed E-state index contributed by atoms with van der Waals surface area (Å²) in [4.78, 5) is 13.2. The molecule has 0 aromatic rings. The van der Waals surface area contributed by atoms with Crippen LogP contribution in [0.15, 0.2) is 0 Å². The molecule has 3 heteroatoms. The molecule has 0 saturated carbocycles. The van der Waals surface area contributed by atoms with Gasteiger partial charge in [-0.05, 0) is 44.7 Å². The highest BCUT2D eigenvalue weighted by Crippen LogP contribution is 2.21. The number of piperidine rings is 1. The second kappa shape index (κ2) is 11.1. The molecule has 1 aliphatic rings. The highest BCUT2D eigenvalue weighted by molar-refractivity contribution is 5.66. The molecule has 0 radical (unpaired) electrons. The molecular formula is C17H33NO2. The van der Waals surface area contributed by atoms with E-state index < -0.39 is 5.97 Å². The first kappa shape index (κ1) is 17.5. The number of hydrogen-bond donors (Lipinski definition) is 1. The highest BCUT2D eigenvalue weighted by atomic mass is 16.4. The minimum Gasteiger partial charge on any atom is -0.481 e. The zero-order chi connectivity index (χ0) is 14.6.